The van der Waals surface area contributed by atoms with Gasteiger partial charge in [0, 0.05) is 24.5 Å². The Morgan fingerprint density at radius 3 is 2.79 bits per heavy atom. The Morgan fingerprint density at radius 2 is 2.04 bits per heavy atom. The van der Waals surface area contributed by atoms with Gasteiger partial charge in [-0.3, -0.25) is 14.6 Å². The van der Waals surface area contributed by atoms with Crippen molar-refractivity contribution in [2.24, 2.45) is 5.92 Å². The van der Waals surface area contributed by atoms with Crippen molar-refractivity contribution < 1.29 is 9.21 Å². The number of carbonyl (C=O) groups excluding carboxylic acids is 1. The third-order valence-corrected chi connectivity index (χ3v) is 6.29. The third-order valence-electron chi connectivity index (χ3n) is 6.29. The van der Waals surface area contributed by atoms with E-state index in [-0.39, 0.29) is 12.1 Å². The SMILES string of the molecule is O=C(NC1CC2CCN1CC2)c1cc2cc(C#CCN3CCCC3)oc2cn1. The number of amides is 1. The number of hydrogen-bond donors (Lipinski definition) is 1. The Balaban J connectivity index is 1.26. The van der Waals surface area contributed by atoms with Crippen LogP contribution in [0.4, 0.5) is 0 Å². The fourth-order valence-electron chi connectivity index (χ4n) is 4.65. The molecule has 0 aromatic carbocycles. The summed E-state index contributed by atoms with van der Waals surface area (Å²) in [6, 6.07) is 3.70. The zero-order valence-electron chi connectivity index (χ0n) is 16.1. The van der Waals surface area contributed by atoms with Gasteiger partial charge in [0.2, 0.25) is 0 Å². The number of carbonyl (C=O) groups is 1. The number of fused-ring (bicyclic) bond motifs is 4. The van der Waals surface area contributed by atoms with Gasteiger partial charge in [-0.05, 0) is 63.1 Å². The summed E-state index contributed by atoms with van der Waals surface area (Å²) in [4.78, 5) is 21.7. The van der Waals surface area contributed by atoms with Crippen LogP contribution in [0.3, 0.4) is 0 Å². The van der Waals surface area contributed by atoms with Crippen LogP contribution in [0.25, 0.3) is 11.0 Å². The van der Waals surface area contributed by atoms with Crippen molar-refractivity contribution in [3.8, 4) is 11.8 Å². The zero-order chi connectivity index (χ0) is 18.9. The Hall–Kier alpha value is -2.36. The highest BCUT2D eigenvalue weighted by Crippen LogP contribution is 2.30. The highest BCUT2D eigenvalue weighted by atomic mass is 16.3. The van der Waals surface area contributed by atoms with E-state index in [0.29, 0.717) is 17.0 Å². The van der Waals surface area contributed by atoms with Crippen molar-refractivity contribution >= 4 is 16.9 Å². The quantitative estimate of drug-likeness (QED) is 0.832. The van der Waals surface area contributed by atoms with Crippen molar-refractivity contribution in [2.75, 3.05) is 32.7 Å². The van der Waals surface area contributed by atoms with E-state index in [1.807, 2.05) is 6.07 Å². The van der Waals surface area contributed by atoms with Crippen molar-refractivity contribution in [1.29, 1.82) is 0 Å². The van der Waals surface area contributed by atoms with Crippen molar-refractivity contribution in [1.82, 2.24) is 20.1 Å². The highest BCUT2D eigenvalue weighted by molar-refractivity contribution is 5.95. The Labute approximate surface area is 165 Å². The minimum absolute atomic E-state index is 0.109. The van der Waals surface area contributed by atoms with Crippen LogP contribution in [0.5, 0.6) is 0 Å². The molecule has 2 aromatic rings. The van der Waals surface area contributed by atoms with E-state index in [1.165, 1.54) is 25.7 Å². The van der Waals surface area contributed by atoms with Crippen LogP contribution in [0.15, 0.2) is 22.7 Å². The van der Waals surface area contributed by atoms with E-state index in [2.05, 4.69) is 31.9 Å². The summed E-state index contributed by atoms with van der Waals surface area (Å²) in [5, 5.41) is 4.04. The number of nitrogens with one attached hydrogen (secondary N) is 1. The first-order chi connectivity index (χ1) is 13.7. The van der Waals surface area contributed by atoms with Crippen molar-refractivity contribution in [3.05, 3.63) is 29.8 Å². The van der Waals surface area contributed by atoms with E-state index >= 15 is 0 Å². The molecular formula is C22H26N4O2. The molecule has 6 heteroatoms. The molecule has 6 heterocycles. The average Bonchev–Trinajstić information content (AvgIpc) is 3.37. The van der Waals surface area contributed by atoms with E-state index in [0.717, 1.165) is 50.4 Å². The predicted molar refractivity (Wildman–Crippen MR) is 107 cm³/mol. The Bertz CT molecular complexity index is 927. The van der Waals surface area contributed by atoms with E-state index in [4.69, 9.17) is 4.42 Å². The molecule has 28 heavy (non-hydrogen) atoms. The number of piperidine rings is 3. The molecule has 0 saturated carbocycles. The second-order valence-corrected chi connectivity index (χ2v) is 8.21. The normalized spacial score (nSPS) is 26.9. The lowest BCUT2D eigenvalue weighted by Gasteiger charge is -2.45. The minimum Gasteiger partial charge on any atom is -0.446 e. The lowest BCUT2D eigenvalue weighted by atomic mass is 9.86. The van der Waals surface area contributed by atoms with Gasteiger partial charge in [0.15, 0.2) is 11.3 Å². The molecule has 6 rings (SSSR count). The van der Waals surface area contributed by atoms with Crippen LogP contribution < -0.4 is 5.32 Å². The van der Waals surface area contributed by atoms with Crippen molar-refractivity contribution in [2.45, 2.75) is 38.3 Å². The molecule has 1 amide bonds. The number of rotatable bonds is 3. The van der Waals surface area contributed by atoms with Gasteiger partial charge >= 0.3 is 0 Å². The molecule has 1 atom stereocenters. The standard InChI is InChI=1S/C22H26N4O2/c27-22(24-21-12-16-5-10-26(21)11-6-16)19-14-17-13-18(28-20(17)15-23-19)4-3-9-25-7-1-2-8-25/h13-16,21H,1-2,5-12H2,(H,24,27). The molecule has 146 valence electrons. The Kier molecular flexibility index (Phi) is 4.79. The molecule has 1 unspecified atom stereocenters. The van der Waals surface area contributed by atoms with Gasteiger partial charge in [-0.1, -0.05) is 5.92 Å². The van der Waals surface area contributed by atoms with Crippen LogP contribution in [0.1, 0.15) is 48.4 Å². The number of nitrogens with zero attached hydrogens (tertiary/aromatic N) is 3. The largest absolute Gasteiger partial charge is 0.446 e. The highest BCUT2D eigenvalue weighted by Gasteiger charge is 2.34. The molecule has 2 aromatic heterocycles. The number of pyridine rings is 1. The van der Waals surface area contributed by atoms with Gasteiger partial charge in [-0.15, -0.1) is 0 Å². The van der Waals surface area contributed by atoms with Gasteiger partial charge in [0.25, 0.3) is 5.91 Å². The van der Waals surface area contributed by atoms with Gasteiger partial charge < -0.3 is 9.73 Å². The molecule has 4 fully saturated rings. The van der Waals surface area contributed by atoms with E-state index in [1.54, 1.807) is 12.3 Å². The predicted octanol–water partition coefficient (Wildman–Crippen LogP) is 2.45. The lowest BCUT2D eigenvalue weighted by Crippen LogP contribution is -2.56. The summed E-state index contributed by atoms with van der Waals surface area (Å²) in [5.74, 6) is 7.56. The Morgan fingerprint density at radius 1 is 1.21 bits per heavy atom. The first-order valence-electron chi connectivity index (χ1n) is 10.4. The summed E-state index contributed by atoms with van der Waals surface area (Å²) in [5.41, 5.74) is 1.11. The second kappa shape index (κ2) is 7.57. The molecule has 2 bridgehead atoms. The molecule has 0 radical (unpaired) electrons. The second-order valence-electron chi connectivity index (χ2n) is 8.21. The average molecular weight is 378 g/mol. The van der Waals surface area contributed by atoms with Crippen LogP contribution in [-0.2, 0) is 0 Å². The van der Waals surface area contributed by atoms with E-state index in [9.17, 15) is 4.79 Å². The first-order valence-corrected chi connectivity index (χ1v) is 10.4. The molecule has 4 saturated heterocycles. The number of furan rings is 1. The summed E-state index contributed by atoms with van der Waals surface area (Å²) in [6.07, 6.45) is 7.87. The zero-order valence-corrected chi connectivity index (χ0v) is 16.1. The van der Waals surface area contributed by atoms with Crippen LogP contribution in [0.2, 0.25) is 0 Å². The van der Waals surface area contributed by atoms with Gasteiger partial charge in [0.1, 0.15) is 5.69 Å². The summed E-state index contributed by atoms with van der Waals surface area (Å²) >= 11 is 0. The molecule has 4 aliphatic rings. The lowest BCUT2D eigenvalue weighted by molar-refractivity contribution is 0.0293. The number of hydrogen-bond acceptors (Lipinski definition) is 5. The van der Waals surface area contributed by atoms with Gasteiger partial charge in [-0.2, -0.15) is 0 Å². The van der Waals surface area contributed by atoms with Crippen molar-refractivity contribution in [3.63, 3.8) is 0 Å². The number of likely N-dealkylation sites (tertiary alicyclic amines) is 1. The summed E-state index contributed by atoms with van der Waals surface area (Å²) in [7, 11) is 0. The molecule has 0 aliphatic carbocycles. The summed E-state index contributed by atoms with van der Waals surface area (Å²) < 4.78 is 5.76. The number of aromatic nitrogens is 1. The fraction of sp³-hybridized carbons (Fsp3) is 0.545. The third kappa shape index (κ3) is 3.65. The van der Waals surface area contributed by atoms with Crippen LogP contribution >= 0.6 is 0 Å². The maximum Gasteiger partial charge on any atom is 0.271 e. The fourth-order valence-corrected chi connectivity index (χ4v) is 4.65. The molecule has 1 N–H and O–H groups in total. The first kappa shape index (κ1) is 17.7. The van der Waals surface area contributed by atoms with Gasteiger partial charge in [0.05, 0.1) is 18.9 Å². The smallest absolute Gasteiger partial charge is 0.271 e. The molecule has 0 spiro atoms. The maximum absolute atomic E-state index is 12.7. The summed E-state index contributed by atoms with van der Waals surface area (Å²) in [6.45, 7) is 5.22. The van der Waals surface area contributed by atoms with E-state index < -0.39 is 0 Å². The van der Waals surface area contributed by atoms with Crippen LogP contribution in [0, 0.1) is 17.8 Å². The molecule has 4 aliphatic heterocycles. The molecular weight excluding hydrogens is 352 g/mol. The molecule has 6 nitrogen and oxygen atoms in total. The van der Waals surface area contributed by atoms with Crippen LogP contribution in [-0.4, -0.2) is 59.6 Å². The topological polar surface area (TPSA) is 61.6 Å². The van der Waals surface area contributed by atoms with Gasteiger partial charge in [-0.25, -0.2) is 4.98 Å². The maximum atomic E-state index is 12.7. The monoisotopic (exact) mass is 378 g/mol. The minimum atomic E-state index is -0.109.